The number of nitrogens with zero attached hydrogens (tertiary/aromatic N) is 2. The normalized spacial score (nSPS) is 14.8. The van der Waals surface area contributed by atoms with Gasteiger partial charge in [-0.2, -0.15) is 0 Å². The van der Waals surface area contributed by atoms with Gasteiger partial charge in [-0.3, -0.25) is 15.0 Å². The van der Waals surface area contributed by atoms with Gasteiger partial charge in [0.25, 0.3) is 5.91 Å². The van der Waals surface area contributed by atoms with E-state index in [-0.39, 0.29) is 12.5 Å². The smallest absolute Gasteiger partial charge is 0.264 e. The van der Waals surface area contributed by atoms with Crippen LogP contribution < -0.4 is 10.1 Å². The molecule has 152 valence electrons. The summed E-state index contributed by atoms with van der Waals surface area (Å²) in [5.74, 6) is 0.524. The lowest BCUT2D eigenvalue weighted by molar-refractivity contribution is -0.118. The minimum absolute atomic E-state index is 0.0392. The predicted molar refractivity (Wildman–Crippen MR) is 116 cm³/mol. The highest BCUT2D eigenvalue weighted by atomic mass is 32.1. The predicted octanol–water partition coefficient (Wildman–Crippen LogP) is 3.76. The minimum Gasteiger partial charge on any atom is -0.483 e. The Morgan fingerprint density at radius 2 is 2.07 bits per heavy atom. The van der Waals surface area contributed by atoms with Gasteiger partial charge in [-0.25, -0.2) is 4.98 Å². The number of rotatable bonds is 6. The molecule has 0 aliphatic carbocycles. The van der Waals surface area contributed by atoms with E-state index in [1.165, 1.54) is 16.9 Å². The molecule has 0 saturated carbocycles. The van der Waals surface area contributed by atoms with E-state index in [0.717, 1.165) is 59.9 Å². The highest BCUT2D eigenvalue weighted by molar-refractivity contribution is 7.22. The molecule has 0 radical (unpaired) electrons. The molecule has 0 unspecified atom stereocenters. The quantitative estimate of drug-likeness (QED) is 0.669. The van der Waals surface area contributed by atoms with Crippen LogP contribution in [0.5, 0.6) is 5.75 Å². The largest absolute Gasteiger partial charge is 0.483 e. The number of hydrogen-bond acceptors (Lipinski definition) is 6. The number of aryl methyl sites for hydroxylation is 1. The first-order valence-electron chi connectivity index (χ1n) is 9.77. The van der Waals surface area contributed by atoms with Crippen molar-refractivity contribution >= 4 is 32.6 Å². The van der Waals surface area contributed by atoms with E-state index in [2.05, 4.69) is 27.3 Å². The number of hydrogen-bond donors (Lipinski definition) is 1. The van der Waals surface area contributed by atoms with Crippen LogP contribution in [0.1, 0.15) is 16.7 Å². The fourth-order valence-corrected chi connectivity index (χ4v) is 4.26. The van der Waals surface area contributed by atoms with Gasteiger partial charge in [0.15, 0.2) is 11.7 Å². The van der Waals surface area contributed by atoms with E-state index in [9.17, 15) is 4.79 Å². The third kappa shape index (κ3) is 4.93. The summed E-state index contributed by atoms with van der Waals surface area (Å²) in [7, 11) is 0. The zero-order valence-electron chi connectivity index (χ0n) is 16.7. The number of carbonyl (C=O) groups excluding carboxylic acids is 1. The third-order valence-corrected chi connectivity index (χ3v) is 6.06. The first-order valence-corrected chi connectivity index (χ1v) is 10.6. The molecule has 29 heavy (non-hydrogen) atoms. The van der Waals surface area contributed by atoms with E-state index in [1.54, 1.807) is 0 Å². The van der Waals surface area contributed by atoms with E-state index in [0.29, 0.717) is 5.13 Å². The van der Waals surface area contributed by atoms with Crippen molar-refractivity contribution in [1.29, 1.82) is 0 Å². The zero-order valence-corrected chi connectivity index (χ0v) is 17.6. The summed E-state index contributed by atoms with van der Waals surface area (Å²) >= 11 is 1.49. The van der Waals surface area contributed by atoms with Crippen LogP contribution in [-0.4, -0.2) is 48.7 Å². The number of benzene rings is 2. The SMILES string of the molecule is Cc1cccc(OCC(=O)Nc2nc3ccc(CN4CCOCC4)cc3s2)c1C. The summed E-state index contributed by atoms with van der Waals surface area (Å²) in [6.07, 6.45) is 0. The molecule has 6 nitrogen and oxygen atoms in total. The number of anilines is 1. The lowest BCUT2D eigenvalue weighted by Gasteiger charge is -2.26. The molecule has 1 amide bonds. The Morgan fingerprint density at radius 3 is 2.90 bits per heavy atom. The Morgan fingerprint density at radius 1 is 1.24 bits per heavy atom. The second-order valence-electron chi connectivity index (χ2n) is 7.24. The molecule has 1 fully saturated rings. The Balaban J connectivity index is 1.37. The van der Waals surface area contributed by atoms with E-state index < -0.39 is 0 Å². The second-order valence-corrected chi connectivity index (χ2v) is 8.28. The average Bonchev–Trinajstić information content (AvgIpc) is 3.11. The first-order chi connectivity index (χ1) is 14.1. The van der Waals surface area contributed by atoms with Gasteiger partial charge in [-0.05, 0) is 48.7 Å². The highest BCUT2D eigenvalue weighted by Crippen LogP contribution is 2.27. The number of carbonyl (C=O) groups is 1. The lowest BCUT2D eigenvalue weighted by atomic mass is 10.1. The minimum atomic E-state index is -0.210. The number of morpholine rings is 1. The molecule has 2 aromatic carbocycles. The lowest BCUT2D eigenvalue weighted by Crippen LogP contribution is -2.35. The van der Waals surface area contributed by atoms with Gasteiger partial charge in [0.2, 0.25) is 0 Å². The molecule has 2 heterocycles. The standard InChI is InChI=1S/C22H25N3O3S/c1-15-4-3-5-19(16(15)2)28-14-21(26)24-22-23-18-7-6-17(12-20(18)29-22)13-25-8-10-27-11-9-25/h3-7,12H,8-11,13-14H2,1-2H3,(H,23,24,26). The van der Waals surface area contributed by atoms with Crippen molar-refractivity contribution in [3.05, 3.63) is 53.1 Å². The average molecular weight is 412 g/mol. The number of nitrogens with one attached hydrogen (secondary N) is 1. The molecule has 1 aliphatic rings. The highest BCUT2D eigenvalue weighted by Gasteiger charge is 2.13. The van der Waals surface area contributed by atoms with Crippen LogP contribution in [0.25, 0.3) is 10.2 Å². The van der Waals surface area contributed by atoms with E-state index in [1.807, 2.05) is 38.1 Å². The van der Waals surface area contributed by atoms with Crippen molar-refractivity contribution < 1.29 is 14.3 Å². The van der Waals surface area contributed by atoms with Gasteiger partial charge >= 0.3 is 0 Å². The third-order valence-electron chi connectivity index (χ3n) is 5.12. The molecular weight excluding hydrogens is 386 g/mol. The van der Waals surface area contributed by atoms with Crippen molar-refractivity contribution in [2.75, 3.05) is 38.2 Å². The Hall–Kier alpha value is -2.48. The Bertz CT molecular complexity index is 1010. The van der Waals surface area contributed by atoms with Crippen molar-refractivity contribution in [2.45, 2.75) is 20.4 Å². The van der Waals surface area contributed by atoms with E-state index in [4.69, 9.17) is 9.47 Å². The Labute approximate surface area is 174 Å². The number of ether oxygens (including phenoxy) is 2. The molecule has 1 aromatic heterocycles. The molecule has 1 saturated heterocycles. The maximum Gasteiger partial charge on any atom is 0.264 e. The van der Waals surface area contributed by atoms with Crippen LogP contribution >= 0.6 is 11.3 Å². The summed E-state index contributed by atoms with van der Waals surface area (Å²) in [5, 5.41) is 3.45. The van der Waals surface area contributed by atoms with Gasteiger partial charge in [0, 0.05) is 19.6 Å². The molecule has 4 rings (SSSR count). The second kappa shape index (κ2) is 8.90. The van der Waals surface area contributed by atoms with Crippen molar-refractivity contribution in [2.24, 2.45) is 0 Å². The van der Waals surface area contributed by atoms with Gasteiger partial charge in [-0.15, -0.1) is 0 Å². The molecule has 1 N–H and O–H groups in total. The van der Waals surface area contributed by atoms with Gasteiger partial charge in [-0.1, -0.05) is 29.5 Å². The number of fused-ring (bicyclic) bond motifs is 1. The maximum absolute atomic E-state index is 12.3. The fourth-order valence-electron chi connectivity index (χ4n) is 3.32. The van der Waals surface area contributed by atoms with Crippen LogP contribution in [0.15, 0.2) is 36.4 Å². The number of amides is 1. The number of aromatic nitrogens is 1. The van der Waals surface area contributed by atoms with Crippen LogP contribution in [-0.2, 0) is 16.1 Å². The van der Waals surface area contributed by atoms with Crippen molar-refractivity contribution in [1.82, 2.24) is 9.88 Å². The summed E-state index contributed by atoms with van der Waals surface area (Å²) in [4.78, 5) is 19.2. The van der Waals surface area contributed by atoms with Crippen LogP contribution in [0.3, 0.4) is 0 Å². The molecule has 1 aliphatic heterocycles. The molecule has 3 aromatic rings. The van der Waals surface area contributed by atoms with Crippen LogP contribution in [0.4, 0.5) is 5.13 Å². The molecule has 0 bridgehead atoms. The van der Waals surface area contributed by atoms with Crippen LogP contribution in [0.2, 0.25) is 0 Å². The number of thiazole rings is 1. The maximum atomic E-state index is 12.3. The molecular formula is C22H25N3O3S. The first kappa shape index (κ1) is 19.8. The zero-order chi connectivity index (χ0) is 20.2. The summed E-state index contributed by atoms with van der Waals surface area (Å²) < 4.78 is 12.2. The molecule has 0 spiro atoms. The monoisotopic (exact) mass is 411 g/mol. The van der Waals surface area contributed by atoms with Gasteiger partial charge in [0.05, 0.1) is 23.4 Å². The summed E-state index contributed by atoms with van der Waals surface area (Å²) in [6, 6.07) is 12.1. The van der Waals surface area contributed by atoms with Crippen molar-refractivity contribution in [3.8, 4) is 5.75 Å². The molecule has 7 heteroatoms. The topological polar surface area (TPSA) is 63.7 Å². The van der Waals surface area contributed by atoms with Crippen LogP contribution in [0, 0.1) is 13.8 Å². The van der Waals surface area contributed by atoms with Gasteiger partial charge in [0.1, 0.15) is 5.75 Å². The summed E-state index contributed by atoms with van der Waals surface area (Å²) in [5.41, 5.74) is 4.33. The van der Waals surface area contributed by atoms with E-state index >= 15 is 0 Å². The van der Waals surface area contributed by atoms with Crippen molar-refractivity contribution in [3.63, 3.8) is 0 Å². The molecule has 0 atom stereocenters. The Kier molecular flexibility index (Phi) is 6.08. The van der Waals surface area contributed by atoms with Gasteiger partial charge < -0.3 is 9.47 Å². The fraction of sp³-hybridized carbons (Fsp3) is 0.364. The summed E-state index contributed by atoms with van der Waals surface area (Å²) in [6.45, 7) is 8.39.